The minimum Gasteiger partial charge on any atom is -0.356 e. The third-order valence-electron chi connectivity index (χ3n) is 11.0. The van der Waals surface area contributed by atoms with Gasteiger partial charge in [-0.05, 0) is 50.8 Å². The second-order valence-electron chi connectivity index (χ2n) is 14.6. The molecule has 5 amide bonds. The Morgan fingerprint density at radius 2 is 1.75 bits per heavy atom. The van der Waals surface area contributed by atoms with Crippen LogP contribution in [0.4, 0.5) is 26.8 Å². The van der Waals surface area contributed by atoms with Crippen LogP contribution in [-0.2, 0) is 16.1 Å². The summed E-state index contributed by atoms with van der Waals surface area (Å²) in [6.45, 7) is 8.68. The molecule has 15 nitrogen and oxygen atoms in total. The summed E-state index contributed by atoms with van der Waals surface area (Å²) >= 11 is 7.51. The number of halogens is 2. The molecule has 57 heavy (non-hydrogen) atoms. The molecule has 2 aromatic heterocycles. The summed E-state index contributed by atoms with van der Waals surface area (Å²) in [7, 11) is 0. The summed E-state index contributed by atoms with van der Waals surface area (Å²) in [5.74, 6) is -1.79. The Kier molecular flexibility index (Phi) is 10.7. The summed E-state index contributed by atoms with van der Waals surface area (Å²) in [6.07, 6.45) is 3.42. The standard InChI is InChI=1S/C39H40ClFN10O5S/c1-21-4-3-5-26(40)34(21)47-36(54)28-19-42-39(57-28)45-29-18-30(44-22(2)43-29)50-12-10-24(11-13-50)49-16-14-48(15-17-49)20-23-6-7-25-32(33(23)41)38(56)51(37(25)55)27-8-9-31(52)46-35(27)53/h3-7,18-19,24,27H,8-17,20H2,1-2H3,(H,47,54)(H,46,52,53)(H,42,43,44,45). The van der Waals surface area contributed by atoms with Crippen molar-refractivity contribution in [3.8, 4) is 0 Å². The highest BCUT2D eigenvalue weighted by atomic mass is 35.5. The minimum absolute atomic E-state index is 0.00425. The van der Waals surface area contributed by atoms with Gasteiger partial charge in [0.05, 0.1) is 28.0 Å². The van der Waals surface area contributed by atoms with E-state index in [9.17, 15) is 24.0 Å². The molecule has 4 aromatic rings. The monoisotopic (exact) mass is 814 g/mol. The van der Waals surface area contributed by atoms with E-state index >= 15 is 4.39 Å². The normalized spacial score (nSPS) is 19.5. The molecule has 0 bridgehead atoms. The number of carbonyl (C=O) groups is 5. The lowest BCUT2D eigenvalue weighted by atomic mass is 10.0. The average molecular weight is 815 g/mol. The molecule has 18 heteroatoms. The molecule has 4 aliphatic rings. The number of aromatic nitrogens is 3. The second-order valence-corrected chi connectivity index (χ2v) is 16.1. The molecule has 3 saturated heterocycles. The maximum absolute atomic E-state index is 15.8. The molecule has 1 atom stereocenters. The number of amides is 5. The van der Waals surface area contributed by atoms with Crippen LogP contribution in [0.15, 0.2) is 42.6 Å². The van der Waals surface area contributed by atoms with Crippen LogP contribution in [0.2, 0.25) is 5.02 Å². The Bertz CT molecular complexity index is 2270. The van der Waals surface area contributed by atoms with Gasteiger partial charge in [0.25, 0.3) is 17.7 Å². The highest BCUT2D eigenvalue weighted by Crippen LogP contribution is 2.33. The number of anilines is 4. The number of hydrogen-bond acceptors (Lipinski definition) is 13. The van der Waals surface area contributed by atoms with Crippen molar-refractivity contribution in [1.82, 2.24) is 35.0 Å². The van der Waals surface area contributed by atoms with Gasteiger partial charge in [0.2, 0.25) is 11.8 Å². The first-order valence-electron chi connectivity index (χ1n) is 18.8. The smallest absolute Gasteiger partial charge is 0.267 e. The maximum Gasteiger partial charge on any atom is 0.267 e. The Balaban J connectivity index is 0.830. The van der Waals surface area contributed by atoms with Crippen LogP contribution in [0.3, 0.4) is 0 Å². The summed E-state index contributed by atoms with van der Waals surface area (Å²) in [5.41, 5.74) is 1.38. The molecule has 0 aliphatic carbocycles. The first kappa shape index (κ1) is 38.5. The van der Waals surface area contributed by atoms with Crippen molar-refractivity contribution in [2.45, 2.75) is 58.2 Å². The molecule has 8 rings (SSSR count). The van der Waals surface area contributed by atoms with Crippen LogP contribution in [0.5, 0.6) is 0 Å². The number of piperazine rings is 1. The second kappa shape index (κ2) is 15.9. The van der Waals surface area contributed by atoms with Gasteiger partial charge < -0.3 is 15.5 Å². The predicted molar refractivity (Wildman–Crippen MR) is 211 cm³/mol. The molecule has 0 radical (unpaired) electrons. The van der Waals surface area contributed by atoms with Crippen molar-refractivity contribution in [3.63, 3.8) is 0 Å². The summed E-state index contributed by atoms with van der Waals surface area (Å²) < 4.78 is 15.8. The van der Waals surface area contributed by atoms with Gasteiger partial charge in [-0.25, -0.2) is 19.3 Å². The SMILES string of the molecule is Cc1nc(Nc2ncc(C(=O)Nc3c(C)cccc3Cl)s2)cc(N2CCC(N3CCN(Cc4ccc5c(c4F)C(=O)N(C4CCC(=O)NC4=O)C5=O)CC3)CC2)n1. The average Bonchev–Trinajstić information content (AvgIpc) is 3.76. The zero-order valence-electron chi connectivity index (χ0n) is 31.3. The van der Waals surface area contributed by atoms with Gasteiger partial charge in [-0.2, -0.15) is 0 Å². The largest absolute Gasteiger partial charge is 0.356 e. The first-order valence-corrected chi connectivity index (χ1v) is 20.0. The lowest BCUT2D eigenvalue weighted by Crippen LogP contribution is -2.54. The van der Waals surface area contributed by atoms with E-state index in [0.29, 0.717) is 57.1 Å². The van der Waals surface area contributed by atoms with E-state index in [1.54, 1.807) is 12.1 Å². The number of benzene rings is 2. The molecule has 1 unspecified atom stereocenters. The number of rotatable bonds is 9. The maximum atomic E-state index is 15.8. The van der Waals surface area contributed by atoms with Gasteiger partial charge in [-0.3, -0.25) is 44.0 Å². The molecular formula is C39H40ClFN10O5S. The van der Waals surface area contributed by atoms with E-state index in [4.69, 9.17) is 16.6 Å². The van der Waals surface area contributed by atoms with Crippen molar-refractivity contribution >= 4 is 74.9 Å². The lowest BCUT2D eigenvalue weighted by Gasteiger charge is -2.43. The van der Waals surface area contributed by atoms with Crippen LogP contribution < -0.4 is 20.9 Å². The van der Waals surface area contributed by atoms with Crippen molar-refractivity contribution < 1.29 is 28.4 Å². The topological polar surface area (TPSA) is 173 Å². The van der Waals surface area contributed by atoms with Gasteiger partial charge >= 0.3 is 0 Å². The highest BCUT2D eigenvalue weighted by molar-refractivity contribution is 7.17. The van der Waals surface area contributed by atoms with Gasteiger partial charge in [0, 0.05) is 69.9 Å². The fraction of sp³-hybridized carbons (Fsp3) is 0.385. The third-order valence-corrected chi connectivity index (χ3v) is 12.2. The highest BCUT2D eigenvalue weighted by Gasteiger charge is 2.46. The summed E-state index contributed by atoms with van der Waals surface area (Å²) in [4.78, 5) is 85.1. The summed E-state index contributed by atoms with van der Waals surface area (Å²) in [6, 6.07) is 9.58. The van der Waals surface area contributed by atoms with Crippen LogP contribution in [0.1, 0.15) is 73.0 Å². The first-order chi connectivity index (χ1) is 27.4. The van der Waals surface area contributed by atoms with E-state index in [1.807, 2.05) is 32.0 Å². The number of nitrogens with one attached hydrogen (secondary N) is 3. The van der Waals surface area contributed by atoms with Crippen molar-refractivity contribution in [2.24, 2.45) is 0 Å². The van der Waals surface area contributed by atoms with Crippen LogP contribution >= 0.6 is 22.9 Å². The third kappa shape index (κ3) is 7.84. The van der Waals surface area contributed by atoms with Crippen molar-refractivity contribution in [3.05, 3.63) is 86.4 Å². The molecule has 0 saturated carbocycles. The number of hydrogen-bond donors (Lipinski definition) is 3. The molecule has 3 N–H and O–H groups in total. The summed E-state index contributed by atoms with van der Waals surface area (Å²) in [5, 5.41) is 9.26. The van der Waals surface area contributed by atoms with Crippen LogP contribution in [0.25, 0.3) is 0 Å². The minimum atomic E-state index is -1.14. The Morgan fingerprint density at radius 1 is 0.982 bits per heavy atom. The van der Waals surface area contributed by atoms with Crippen molar-refractivity contribution in [1.29, 1.82) is 0 Å². The number of carbonyl (C=O) groups excluding carboxylic acids is 5. The van der Waals surface area contributed by atoms with E-state index in [0.717, 1.165) is 55.3 Å². The zero-order valence-corrected chi connectivity index (χ0v) is 32.9. The Labute approximate surface area is 336 Å². The number of nitrogens with zero attached hydrogens (tertiary/aromatic N) is 7. The van der Waals surface area contributed by atoms with Crippen LogP contribution in [0, 0.1) is 19.7 Å². The number of piperidine rings is 2. The number of fused-ring (bicyclic) bond motifs is 1. The lowest BCUT2D eigenvalue weighted by molar-refractivity contribution is -0.136. The van der Waals surface area contributed by atoms with E-state index in [-0.39, 0.29) is 36.4 Å². The molecule has 0 spiro atoms. The fourth-order valence-electron chi connectivity index (χ4n) is 7.96. The molecule has 3 fully saturated rings. The van der Waals surface area contributed by atoms with E-state index in [1.165, 1.54) is 23.6 Å². The zero-order chi connectivity index (χ0) is 40.0. The van der Waals surface area contributed by atoms with Gasteiger partial charge in [-0.1, -0.05) is 41.1 Å². The quantitative estimate of drug-likeness (QED) is 0.202. The fourth-order valence-corrected chi connectivity index (χ4v) is 8.95. The molecule has 6 heterocycles. The number of thiazole rings is 1. The van der Waals surface area contributed by atoms with E-state index in [2.05, 4.69) is 40.6 Å². The number of para-hydroxylation sites is 1. The van der Waals surface area contributed by atoms with Crippen LogP contribution in [-0.4, -0.2) is 111 Å². The Morgan fingerprint density at radius 3 is 2.49 bits per heavy atom. The number of aryl methyl sites for hydroxylation is 2. The number of imide groups is 2. The van der Waals surface area contributed by atoms with Gasteiger partial charge in [0.1, 0.15) is 34.2 Å². The van der Waals surface area contributed by atoms with Gasteiger partial charge in [0.15, 0.2) is 5.13 Å². The predicted octanol–water partition coefficient (Wildman–Crippen LogP) is 4.53. The van der Waals surface area contributed by atoms with Gasteiger partial charge in [-0.15, -0.1) is 0 Å². The van der Waals surface area contributed by atoms with Crippen molar-refractivity contribution in [2.75, 3.05) is 54.8 Å². The molecule has 296 valence electrons. The molecule has 2 aromatic carbocycles. The molecular weight excluding hydrogens is 775 g/mol. The van der Waals surface area contributed by atoms with E-state index < -0.39 is 35.5 Å². The molecule has 4 aliphatic heterocycles. The Hall–Kier alpha value is -5.36.